The zero-order chi connectivity index (χ0) is 11.6. The fraction of sp³-hybridized carbons (Fsp3) is 0.538. The van der Waals surface area contributed by atoms with Crippen molar-refractivity contribution in [1.29, 1.82) is 0 Å². The van der Waals surface area contributed by atoms with Crippen molar-refractivity contribution in [2.24, 2.45) is 0 Å². The molecular formula is C13H19BrN2. The monoisotopic (exact) mass is 282 g/mol. The summed E-state index contributed by atoms with van der Waals surface area (Å²) in [6.45, 7) is 2.24. The van der Waals surface area contributed by atoms with Gasteiger partial charge in [0.05, 0.1) is 0 Å². The van der Waals surface area contributed by atoms with Crippen molar-refractivity contribution in [2.75, 3.05) is 0 Å². The van der Waals surface area contributed by atoms with Crippen molar-refractivity contribution >= 4 is 22.0 Å². The van der Waals surface area contributed by atoms with Crippen molar-refractivity contribution in [3.63, 3.8) is 0 Å². The van der Waals surface area contributed by atoms with Gasteiger partial charge in [0.15, 0.2) is 4.73 Å². The number of unbranched alkanes of at least 4 members (excludes halogenated alkanes) is 5. The van der Waals surface area contributed by atoms with E-state index in [-0.39, 0.29) is 0 Å². The minimum atomic E-state index is 0.643. The molecule has 0 fully saturated rings. The number of hydrogen-bond acceptors (Lipinski definition) is 2. The van der Waals surface area contributed by atoms with Crippen molar-refractivity contribution in [3.05, 3.63) is 28.8 Å². The topological polar surface area (TPSA) is 25.8 Å². The fourth-order valence-corrected chi connectivity index (χ4v) is 1.70. The quantitative estimate of drug-likeness (QED) is 0.539. The average Bonchev–Trinajstić information content (AvgIpc) is 2.30. The third-order valence-electron chi connectivity index (χ3n) is 2.42. The Hall–Kier alpha value is -0.700. The van der Waals surface area contributed by atoms with E-state index < -0.39 is 0 Å². The van der Waals surface area contributed by atoms with Gasteiger partial charge in [-0.3, -0.25) is 0 Å². The van der Waals surface area contributed by atoms with Crippen LogP contribution in [0, 0.1) is 0 Å². The Morgan fingerprint density at radius 1 is 1.12 bits per heavy atom. The maximum atomic E-state index is 4.07. The lowest BCUT2D eigenvalue weighted by atomic mass is 10.1. The summed E-state index contributed by atoms with van der Waals surface area (Å²) in [6.07, 6.45) is 15.8. The maximum Gasteiger partial charge on any atom is 0.196 e. The molecule has 0 N–H and O–H groups in total. The lowest BCUT2D eigenvalue weighted by Crippen LogP contribution is -1.82. The lowest BCUT2D eigenvalue weighted by Gasteiger charge is -1.96. The molecule has 0 atom stereocenters. The highest BCUT2D eigenvalue weighted by Crippen LogP contribution is 2.08. The van der Waals surface area contributed by atoms with Gasteiger partial charge in [0.1, 0.15) is 0 Å². The summed E-state index contributed by atoms with van der Waals surface area (Å²) < 4.78 is 0.643. The van der Waals surface area contributed by atoms with Crippen LogP contribution in [0.4, 0.5) is 0 Å². The third kappa shape index (κ3) is 6.01. The smallest absolute Gasteiger partial charge is 0.196 e. The van der Waals surface area contributed by atoms with Gasteiger partial charge in [0.25, 0.3) is 0 Å². The van der Waals surface area contributed by atoms with Crippen LogP contribution in [0.5, 0.6) is 0 Å². The van der Waals surface area contributed by atoms with Crippen molar-refractivity contribution in [1.82, 2.24) is 9.97 Å². The summed E-state index contributed by atoms with van der Waals surface area (Å²) in [5.41, 5.74) is 1.07. The molecule has 0 aliphatic heterocycles. The van der Waals surface area contributed by atoms with Gasteiger partial charge in [0.2, 0.25) is 0 Å². The van der Waals surface area contributed by atoms with Gasteiger partial charge >= 0.3 is 0 Å². The number of aromatic nitrogens is 2. The van der Waals surface area contributed by atoms with Gasteiger partial charge < -0.3 is 0 Å². The zero-order valence-corrected chi connectivity index (χ0v) is 11.4. The molecule has 1 rings (SSSR count). The van der Waals surface area contributed by atoms with Crippen LogP contribution in [0.1, 0.15) is 51.0 Å². The Morgan fingerprint density at radius 3 is 2.50 bits per heavy atom. The molecule has 0 bridgehead atoms. The standard InChI is InChI=1S/C13H19BrN2/c1-2-3-4-5-6-7-8-9-12-10-15-13(14)16-11-12/h8-11H,2-7H2,1H3/b9-8+. The fourth-order valence-electron chi connectivity index (χ4n) is 1.49. The van der Waals surface area contributed by atoms with Crippen LogP contribution in [0.25, 0.3) is 6.08 Å². The number of hydrogen-bond donors (Lipinski definition) is 0. The highest BCUT2D eigenvalue weighted by atomic mass is 79.9. The molecule has 0 unspecified atom stereocenters. The summed E-state index contributed by atoms with van der Waals surface area (Å²) in [7, 11) is 0. The Balaban J connectivity index is 2.14. The van der Waals surface area contributed by atoms with Crippen molar-refractivity contribution in [3.8, 4) is 0 Å². The predicted molar refractivity (Wildman–Crippen MR) is 72.1 cm³/mol. The summed E-state index contributed by atoms with van der Waals surface area (Å²) in [6, 6.07) is 0. The van der Waals surface area contributed by atoms with Crippen LogP contribution in [-0.4, -0.2) is 9.97 Å². The van der Waals surface area contributed by atoms with Gasteiger partial charge in [0, 0.05) is 18.0 Å². The number of nitrogens with zero attached hydrogens (tertiary/aromatic N) is 2. The summed E-state index contributed by atoms with van der Waals surface area (Å²) >= 11 is 3.22. The molecule has 0 aliphatic rings. The van der Waals surface area contributed by atoms with Crippen molar-refractivity contribution < 1.29 is 0 Å². The predicted octanol–water partition coefficient (Wildman–Crippen LogP) is 4.61. The molecule has 0 spiro atoms. The van der Waals surface area contributed by atoms with Gasteiger partial charge in [-0.25, -0.2) is 9.97 Å². The number of halogens is 1. The Morgan fingerprint density at radius 2 is 1.81 bits per heavy atom. The van der Waals surface area contributed by atoms with Crippen LogP contribution in [0.15, 0.2) is 23.2 Å². The first-order chi connectivity index (χ1) is 7.83. The normalized spacial score (nSPS) is 11.1. The van der Waals surface area contributed by atoms with E-state index in [9.17, 15) is 0 Å². The highest BCUT2D eigenvalue weighted by molar-refractivity contribution is 9.10. The van der Waals surface area contributed by atoms with Gasteiger partial charge in [-0.05, 0) is 28.8 Å². The Labute approximate surface area is 106 Å². The minimum absolute atomic E-state index is 0.643. The first kappa shape index (κ1) is 13.4. The summed E-state index contributed by atoms with van der Waals surface area (Å²) in [5.74, 6) is 0. The molecule has 2 nitrogen and oxygen atoms in total. The molecule has 0 amide bonds. The number of rotatable bonds is 7. The molecule has 3 heteroatoms. The Kier molecular flexibility index (Phi) is 7.06. The Bertz CT molecular complexity index is 306. The molecule has 1 heterocycles. The second-order valence-corrected chi connectivity index (χ2v) is 4.60. The minimum Gasteiger partial charge on any atom is -0.230 e. The average molecular weight is 283 g/mol. The molecule has 88 valence electrons. The van der Waals surface area contributed by atoms with Crippen LogP contribution in [0.2, 0.25) is 0 Å². The van der Waals surface area contributed by atoms with Crippen molar-refractivity contribution in [2.45, 2.75) is 45.4 Å². The van der Waals surface area contributed by atoms with Crippen LogP contribution in [0.3, 0.4) is 0 Å². The first-order valence-electron chi connectivity index (χ1n) is 5.97. The second kappa shape index (κ2) is 8.45. The molecule has 0 aliphatic carbocycles. The molecule has 0 saturated carbocycles. The number of allylic oxidation sites excluding steroid dienone is 1. The second-order valence-electron chi connectivity index (χ2n) is 3.89. The van der Waals surface area contributed by atoms with Gasteiger partial charge in [-0.15, -0.1) is 0 Å². The van der Waals surface area contributed by atoms with E-state index in [1.807, 2.05) is 12.4 Å². The van der Waals surface area contributed by atoms with E-state index in [2.05, 4.69) is 45.0 Å². The first-order valence-corrected chi connectivity index (χ1v) is 6.76. The van der Waals surface area contributed by atoms with Crippen LogP contribution in [-0.2, 0) is 0 Å². The SMILES string of the molecule is CCCCCCC/C=C/c1cnc(Br)nc1. The van der Waals surface area contributed by atoms with Gasteiger partial charge in [-0.1, -0.05) is 44.8 Å². The van der Waals surface area contributed by atoms with E-state index in [1.54, 1.807) is 0 Å². The third-order valence-corrected chi connectivity index (χ3v) is 2.83. The summed E-state index contributed by atoms with van der Waals surface area (Å²) in [5, 5.41) is 0. The zero-order valence-electron chi connectivity index (χ0n) is 9.82. The van der Waals surface area contributed by atoms with E-state index in [1.165, 1.54) is 32.1 Å². The maximum absolute atomic E-state index is 4.07. The van der Waals surface area contributed by atoms with E-state index >= 15 is 0 Å². The van der Waals surface area contributed by atoms with E-state index in [0.717, 1.165) is 12.0 Å². The van der Waals surface area contributed by atoms with Gasteiger partial charge in [-0.2, -0.15) is 0 Å². The molecule has 0 saturated heterocycles. The molecule has 0 aromatic carbocycles. The van der Waals surface area contributed by atoms with Crippen LogP contribution >= 0.6 is 15.9 Å². The largest absolute Gasteiger partial charge is 0.230 e. The summed E-state index contributed by atoms with van der Waals surface area (Å²) in [4.78, 5) is 8.15. The van der Waals surface area contributed by atoms with E-state index in [4.69, 9.17) is 0 Å². The molecule has 1 aromatic rings. The molecule has 0 radical (unpaired) electrons. The van der Waals surface area contributed by atoms with E-state index in [0.29, 0.717) is 4.73 Å². The molecule has 1 aromatic heterocycles. The molecule has 16 heavy (non-hydrogen) atoms. The lowest BCUT2D eigenvalue weighted by molar-refractivity contribution is 0.638. The van der Waals surface area contributed by atoms with Crippen LogP contribution < -0.4 is 0 Å². The molecular weight excluding hydrogens is 264 g/mol. The highest BCUT2D eigenvalue weighted by Gasteiger charge is 1.90.